The van der Waals surface area contributed by atoms with Gasteiger partial charge in [0, 0.05) is 27.2 Å². The van der Waals surface area contributed by atoms with Crippen LogP contribution in [0.15, 0.2) is 45.1 Å². The number of aliphatic hydroxyl groups excluding tert-OH is 1. The molecule has 1 atom stereocenters. The third-order valence-corrected chi connectivity index (χ3v) is 4.45. The lowest BCUT2D eigenvalue weighted by Gasteiger charge is -2.20. The van der Waals surface area contributed by atoms with Crippen molar-refractivity contribution >= 4 is 21.6 Å². The van der Waals surface area contributed by atoms with Gasteiger partial charge in [0.15, 0.2) is 0 Å². The molecule has 1 aromatic heterocycles. The Morgan fingerprint density at radius 2 is 1.86 bits per heavy atom. The van der Waals surface area contributed by atoms with Gasteiger partial charge in [0.2, 0.25) is 5.88 Å². The summed E-state index contributed by atoms with van der Waals surface area (Å²) in [4.78, 5) is 4.30. The molecule has 0 aliphatic carbocycles. The number of aliphatic hydroxyl groups is 1. The maximum absolute atomic E-state index is 10.3. The van der Waals surface area contributed by atoms with Gasteiger partial charge in [-0.1, -0.05) is 28.1 Å². The number of aromatic hydroxyl groups is 1. The molecule has 3 N–H and O–H groups in total. The Bertz CT molecular complexity index is 756. The summed E-state index contributed by atoms with van der Waals surface area (Å²) in [5.41, 5.74) is 3.85. The molecular weight excluding hydrogens is 346 g/mol. The van der Waals surface area contributed by atoms with E-state index in [-0.39, 0.29) is 24.1 Å². The number of nitrogens with one attached hydrogen (secondary N) is 1. The van der Waals surface area contributed by atoms with Crippen molar-refractivity contribution in [2.24, 2.45) is 4.99 Å². The average Bonchev–Trinajstić information content (AvgIpc) is 2.99. The summed E-state index contributed by atoms with van der Waals surface area (Å²) in [6, 6.07) is 7.81. The molecule has 2 aromatic rings. The molecule has 6 heteroatoms. The SMILES string of the molecule is CC1=NCC(O)=C1C(c1ccc(Br)cc1)c1c(C)n[nH]c1O. The zero-order valence-corrected chi connectivity index (χ0v) is 13.8. The van der Waals surface area contributed by atoms with Crippen LogP contribution >= 0.6 is 15.9 Å². The highest BCUT2D eigenvalue weighted by Crippen LogP contribution is 2.40. The highest BCUT2D eigenvalue weighted by molar-refractivity contribution is 9.10. The zero-order chi connectivity index (χ0) is 15.9. The van der Waals surface area contributed by atoms with Crippen molar-refractivity contribution in [1.82, 2.24) is 10.2 Å². The first-order chi connectivity index (χ1) is 10.5. The molecule has 22 heavy (non-hydrogen) atoms. The summed E-state index contributed by atoms with van der Waals surface area (Å²) in [5, 5.41) is 27.1. The minimum absolute atomic E-state index is 0.0189. The van der Waals surface area contributed by atoms with Crippen molar-refractivity contribution in [3.63, 3.8) is 0 Å². The van der Waals surface area contributed by atoms with E-state index in [1.54, 1.807) is 0 Å². The Morgan fingerprint density at radius 3 is 2.36 bits per heavy atom. The molecule has 3 rings (SSSR count). The van der Waals surface area contributed by atoms with Crippen molar-refractivity contribution in [1.29, 1.82) is 0 Å². The van der Waals surface area contributed by atoms with Gasteiger partial charge < -0.3 is 10.2 Å². The van der Waals surface area contributed by atoms with E-state index in [1.165, 1.54) is 0 Å². The largest absolute Gasteiger partial charge is 0.510 e. The molecule has 0 saturated carbocycles. The number of hydrogen-bond donors (Lipinski definition) is 3. The van der Waals surface area contributed by atoms with Crippen LogP contribution in [0.3, 0.4) is 0 Å². The predicted octanol–water partition coefficient (Wildman–Crippen LogP) is 3.60. The monoisotopic (exact) mass is 361 g/mol. The number of aromatic nitrogens is 2. The van der Waals surface area contributed by atoms with Gasteiger partial charge in [0.25, 0.3) is 0 Å². The van der Waals surface area contributed by atoms with E-state index in [4.69, 9.17) is 0 Å². The zero-order valence-electron chi connectivity index (χ0n) is 12.3. The number of allylic oxidation sites excluding steroid dienone is 1. The van der Waals surface area contributed by atoms with Gasteiger partial charge in [-0.15, -0.1) is 0 Å². The lowest BCUT2D eigenvalue weighted by molar-refractivity contribution is 0.400. The van der Waals surface area contributed by atoms with E-state index in [2.05, 4.69) is 31.1 Å². The molecule has 0 saturated heterocycles. The van der Waals surface area contributed by atoms with E-state index >= 15 is 0 Å². The van der Waals surface area contributed by atoms with Crippen LogP contribution in [0.4, 0.5) is 0 Å². The van der Waals surface area contributed by atoms with Crippen molar-refractivity contribution in [3.8, 4) is 5.88 Å². The third-order valence-electron chi connectivity index (χ3n) is 3.92. The molecule has 5 nitrogen and oxygen atoms in total. The number of halogens is 1. The molecule has 1 aromatic carbocycles. The van der Waals surface area contributed by atoms with Gasteiger partial charge in [-0.25, -0.2) is 5.10 Å². The van der Waals surface area contributed by atoms with E-state index in [9.17, 15) is 10.2 Å². The quantitative estimate of drug-likeness (QED) is 0.780. The summed E-state index contributed by atoms with van der Waals surface area (Å²) in [5.74, 6) is -0.0473. The number of benzene rings is 1. The van der Waals surface area contributed by atoms with Crippen LogP contribution in [0.5, 0.6) is 5.88 Å². The highest BCUT2D eigenvalue weighted by atomic mass is 79.9. The first-order valence-electron chi connectivity index (χ1n) is 6.91. The predicted molar refractivity (Wildman–Crippen MR) is 88.6 cm³/mol. The maximum Gasteiger partial charge on any atom is 0.211 e. The third kappa shape index (κ3) is 2.43. The van der Waals surface area contributed by atoms with Crippen molar-refractivity contribution in [2.45, 2.75) is 19.8 Å². The van der Waals surface area contributed by atoms with Gasteiger partial charge in [0.1, 0.15) is 5.76 Å². The van der Waals surface area contributed by atoms with Gasteiger partial charge in [-0.2, -0.15) is 5.10 Å². The van der Waals surface area contributed by atoms with Crippen molar-refractivity contribution < 1.29 is 10.2 Å². The molecule has 1 unspecified atom stereocenters. The number of aromatic amines is 1. The smallest absolute Gasteiger partial charge is 0.211 e. The van der Waals surface area contributed by atoms with E-state index in [1.807, 2.05) is 38.1 Å². The first kappa shape index (κ1) is 14.8. The van der Waals surface area contributed by atoms with Crippen LogP contribution in [-0.4, -0.2) is 32.7 Å². The van der Waals surface area contributed by atoms with Crippen molar-refractivity contribution in [2.75, 3.05) is 6.54 Å². The normalized spacial score (nSPS) is 16.0. The molecule has 114 valence electrons. The molecule has 1 aliphatic heterocycles. The summed E-state index contributed by atoms with van der Waals surface area (Å²) in [6.07, 6.45) is 0. The Hall–Kier alpha value is -2.08. The molecule has 0 bridgehead atoms. The number of rotatable bonds is 3. The number of nitrogens with zero attached hydrogens (tertiary/aromatic N) is 2. The topological polar surface area (TPSA) is 81.5 Å². The summed E-state index contributed by atoms with van der Waals surface area (Å²) < 4.78 is 0.971. The Morgan fingerprint density at radius 1 is 1.18 bits per heavy atom. The Kier molecular flexibility index (Phi) is 3.78. The second-order valence-electron chi connectivity index (χ2n) is 5.32. The molecule has 0 fully saturated rings. The number of H-pyrrole nitrogens is 1. The molecule has 0 amide bonds. The second kappa shape index (κ2) is 5.61. The van der Waals surface area contributed by atoms with Crippen LogP contribution in [0.25, 0.3) is 0 Å². The van der Waals surface area contributed by atoms with Crippen LogP contribution in [0, 0.1) is 6.92 Å². The van der Waals surface area contributed by atoms with Gasteiger partial charge in [0.05, 0.1) is 12.2 Å². The Balaban J connectivity index is 2.22. The Labute approximate surface area is 136 Å². The van der Waals surface area contributed by atoms with Gasteiger partial charge in [-0.3, -0.25) is 4.99 Å². The highest BCUT2D eigenvalue weighted by Gasteiger charge is 2.31. The van der Waals surface area contributed by atoms with Crippen LogP contribution in [-0.2, 0) is 0 Å². The van der Waals surface area contributed by atoms with Crippen LogP contribution < -0.4 is 0 Å². The fourth-order valence-electron chi connectivity index (χ4n) is 2.86. The maximum atomic E-state index is 10.3. The first-order valence-corrected chi connectivity index (χ1v) is 7.71. The number of aryl methyl sites for hydroxylation is 1. The fraction of sp³-hybridized carbons (Fsp3) is 0.250. The van der Waals surface area contributed by atoms with E-state index in [0.29, 0.717) is 11.3 Å². The van der Waals surface area contributed by atoms with Crippen LogP contribution in [0.2, 0.25) is 0 Å². The summed E-state index contributed by atoms with van der Waals surface area (Å²) >= 11 is 3.43. The second-order valence-corrected chi connectivity index (χ2v) is 6.23. The number of aliphatic imine (C=N–C) groups is 1. The molecular formula is C16H16BrN3O2. The van der Waals surface area contributed by atoms with E-state index in [0.717, 1.165) is 21.3 Å². The standard InChI is InChI=1S/C16H16BrN3O2/c1-8-13(12(21)7-18-8)15(10-3-5-11(17)6-4-10)14-9(2)19-20-16(14)22/h3-6,15,21H,7H2,1-2H3,(H2,19,20,22). The minimum Gasteiger partial charge on any atom is -0.510 e. The van der Waals surface area contributed by atoms with Gasteiger partial charge >= 0.3 is 0 Å². The number of hydrogen-bond acceptors (Lipinski definition) is 4. The molecule has 0 spiro atoms. The molecule has 2 heterocycles. The minimum atomic E-state index is -0.307. The molecule has 0 radical (unpaired) electrons. The lowest BCUT2D eigenvalue weighted by Crippen LogP contribution is -2.12. The van der Waals surface area contributed by atoms with Crippen molar-refractivity contribution in [3.05, 3.63) is 56.9 Å². The summed E-state index contributed by atoms with van der Waals surface area (Å²) in [7, 11) is 0. The summed E-state index contributed by atoms with van der Waals surface area (Å²) in [6.45, 7) is 3.99. The fourth-order valence-corrected chi connectivity index (χ4v) is 3.12. The lowest BCUT2D eigenvalue weighted by atomic mass is 9.83. The van der Waals surface area contributed by atoms with Gasteiger partial charge in [-0.05, 0) is 31.5 Å². The molecule has 1 aliphatic rings. The van der Waals surface area contributed by atoms with Crippen LogP contribution in [0.1, 0.15) is 29.7 Å². The van der Waals surface area contributed by atoms with E-state index < -0.39 is 0 Å². The average molecular weight is 362 g/mol.